The lowest BCUT2D eigenvalue weighted by Gasteiger charge is -2.25. The van der Waals surface area contributed by atoms with E-state index in [-0.39, 0.29) is 5.91 Å². The third-order valence-corrected chi connectivity index (χ3v) is 6.56. The summed E-state index contributed by atoms with van der Waals surface area (Å²) >= 11 is 0. The quantitative estimate of drug-likeness (QED) is 0.851. The number of aryl methyl sites for hydroxylation is 2. The standard InChI is InChI=1S/C19H23N3O/c1-10-11(2)21-16-4-3-12(7-13(10)16)19(23)22-17-5-6-18(22)15-9-20-8-14(15)17/h3-4,7,14-15,17-18,20-21H,5-6,8-9H2,1-2H3/t14-,15+,17-,18+. The zero-order valence-electron chi connectivity index (χ0n) is 13.7. The number of amides is 1. The van der Waals surface area contributed by atoms with Gasteiger partial charge in [0.25, 0.3) is 5.91 Å². The number of H-pyrrole nitrogens is 1. The Morgan fingerprint density at radius 2 is 1.83 bits per heavy atom. The molecule has 4 nitrogen and oxygen atoms in total. The van der Waals surface area contributed by atoms with E-state index in [4.69, 9.17) is 0 Å². The van der Waals surface area contributed by atoms with E-state index in [0.29, 0.717) is 23.9 Å². The number of carbonyl (C=O) groups is 1. The van der Waals surface area contributed by atoms with Crippen LogP contribution in [0.1, 0.15) is 34.5 Å². The van der Waals surface area contributed by atoms with Gasteiger partial charge in [0.05, 0.1) is 0 Å². The largest absolute Gasteiger partial charge is 0.358 e. The summed E-state index contributed by atoms with van der Waals surface area (Å²) in [6.07, 6.45) is 2.37. The van der Waals surface area contributed by atoms with Gasteiger partial charge in [0.2, 0.25) is 0 Å². The molecule has 3 saturated heterocycles. The van der Waals surface area contributed by atoms with Crippen LogP contribution in [0.4, 0.5) is 0 Å². The highest BCUT2D eigenvalue weighted by Gasteiger charge is 2.56. The second kappa shape index (κ2) is 4.60. The molecule has 120 valence electrons. The van der Waals surface area contributed by atoms with Crippen molar-refractivity contribution in [2.24, 2.45) is 11.8 Å². The minimum absolute atomic E-state index is 0.243. The number of hydrogen-bond acceptors (Lipinski definition) is 2. The highest BCUT2D eigenvalue weighted by Crippen LogP contribution is 2.47. The number of rotatable bonds is 1. The number of nitrogens with one attached hydrogen (secondary N) is 2. The van der Waals surface area contributed by atoms with Gasteiger partial charge in [0.15, 0.2) is 0 Å². The lowest BCUT2D eigenvalue weighted by Crippen LogP contribution is -2.39. The SMILES string of the molecule is Cc1[nH]c2ccc(C(=O)N3[C@@H]4CC[C@H]3[C@H]3CNC[C@H]34)cc2c1C. The fourth-order valence-electron chi connectivity index (χ4n) is 5.31. The van der Waals surface area contributed by atoms with Crippen molar-refractivity contribution >= 4 is 16.8 Å². The normalized spacial score (nSPS) is 32.0. The molecule has 23 heavy (non-hydrogen) atoms. The average molecular weight is 309 g/mol. The van der Waals surface area contributed by atoms with Gasteiger partial charge in [-0.25, -0.2) is 0 Å². The van der Waals surface area contributed by atoms with Crippen LogP contribution in [0.3, 0.4) is 0 Å². The number of aromatic nitrogens is 1. The second-order valence-corrected chi connectivity index (χ2v) is 7.55. The van der Waals surface area contributed by atoms with Crippen LogP contribution in [0.5, 0.6) is 0 Å². The minimum atomic E-state index is 0.243. The van der Waals surface area contributed by atoms with Crippen molar-refractivity contribution in [2.75, 3.05) is 13.1 Å². The van der Waals surface area contributed by atoms with Crippen molar-refractivity contribution in [1.29, 1.82) is 0 Å². The molecule has 3 aliphatic heterocycles. The Labute approximate surface area is 136 Å². The summed E-state index contributed by atoms with van der Waals surface area (Å²) < 4.78 is 0. The maximum atomic E-state index is 13.2. The molecule has 1 amide bonds. The Kier molecular flexibility index (Phi) is 2.72. The number of nitrogens with zero attached hydrogens (tertiary/aromatic N) is 1. The Bertz CT molecular complexity index is 790. The highest BCUT2D eigenvalue weighted by atomic mass is 16.2. The van der Waals surface area contributed by atoms with Gasteiger partial charge in [-0.1, -0.05) is 0 Å². The molecule has 2 bridgehead atoms. The van der Waals surface area contributed by atoms with Gasteiger partial charge in [0.1, 0.15) is 0 Å². The van der Waals surface area contributed by atoms with Crippen molar-refractivity contribution in [3.05, 3.63) is 35.0 Å². The summed E-state index contributed by atoms with van der Waals surface area (Å²) in [4.78, 5) is 18.8. The van der Waals surface area contributed by atoms with Gasteiger partial charge in [-0.15, -0.1) is 0 Å². The molecule has 0 radical (unpaired) electrons. The van der Waals surface area contributed by atoms with Crippen molar-refractivity contribution in [3.63, 3.8) is 0 Å². The maximum absolute atomic E-state index is 13.2. The van der Waals surface area contributed by atoms with Crippen LogP contribution < -0.4 is 5.32 Å². The van der Waals surface area contributed by atoms with Crippen LogP contribution in [0, 0.1) is 25.7 Å². The van der Waals surface area contributed by atoms with Crippen molar-refractivity contribution in [1.82, 2.24) is 15.2 Å². The van der Waals surface area contributed by atoms with E-state index in [1.807, 2.05) is 6.07 Å². The maximum Gasteiger partial charge on any atom is 0.254 e. The Hall–Kier alpha value is -1.81. The zero-order valence-corrected chi connectivity index (χ0v) is 13.7. The van der Waals surface area contributed by atoms with E-state index >= 15 is 0 Å². The summed E-state index contributed by atoms with van der Waals surface area (Å²) in [5, 5.41) is 4.70. The lowest BCUT2D eigenvalue weighted by atomic mass is 9.82. The van der Waals surface area contributed by atoms with Gasteiger partial charge in [-0.3, -0.25) is 4.79 Å². The average Bonchev–Trinajstić information content (AvgIpc) is 3.28. The minimum Gasteiger partial charge on any atom is -0.358 e. The molecule has 2 aromatic rings. The molecule has 0 saturated carbocycles. The van der Waals surface area contributed by atoms with Crippen LogP contribution in [0.15, 0.2) is 18.2 Å². The van der Waals surface area contributed by atoms with Gasteiger partial charge in [0, 0.05) is 47.3 Å². The second-order valence-electron chi connectivity index (χ2n) is 7.55. The third kappa shape index (κ3) is 1.73. The van der Waals surface area contributed by atoms with E-state index in [1.54, 1.807) is 0 Å². The third-order valence-electron chi connectivity index (χ3n) is 6.56. The number of aromatic amines is 1. The first-order valence-corrected chi connectivity index (χ1v) is 8.77. The first-order valence-electron chi connectivity index (χ1n) is 8.77. The van der Waals surface area contributed by atoms with Crippen molar-refractivity contribution < 1.29 is 4.79 Å². The highest BCUT2D eigenvalue weighted by molar-refractivity contribution is 5.99. The van der Waals surface area contributed by atoms with E-state index < -0.39 is 0 Å². The number of fused-ring (bicyclic) bond motifs is 6. The molecule has 0 aliphatic carbocycles. The zero-order chi connectivity index (χ0) is 15.7. The van der Waals surface area contributed by atoms with Gasteiger partial charge in [-0.05, 0) is 62.3 Å². The van der Waals surface area contributed by atoms with Crippen LogP contribution in [0.25, 0.3) is 10.9 Å². The number of benzene rings is 1. The molecule has 1 aromatic heterocycles. The number of carbonyl (C=O) groups excluding carboxylic acids is 1. The van der Waals surface area contributed by atoms with Gasteiger partial charge in [-0.2, -0.15) is 0 Å². The summed E-state index contributed by atoms with van der Waals surface area (Å²) in [6.45, 7) is 6.39. The molecule has 0 unspecified atom stereocenters. The molecule has 1 aromatic carbocycles. The van der Waals surface area contributed by atoms with Crippen LogP contribution in [-0.2, 0) is 0 Å². The van der Waals surface area contributed by atoms with E-state index in [0.717, 1.165) is 24.2 Å². The van der Waals surface area contributed by atoms with Crippen LogP contribution in [0.2, 0.25) is 0 Å². The van der Waals surface area contributed by atoms with E-state index in [9.17, 15) is 4.79 Å². The van der Waals surface area contributed by atoms with E-state index in [2.05, 4.69) is 41.2 Å². The Balaban J connectivity index is 1.53. The molecule has 4 heteroatoms. The summed E-state index contributed by atoms with van der Waals surface area (Å²) in [5.74, 6) is 1.60. The molecule has 0 spiro atoms. The molecule has 5 rings (SSSR count). The molecule has 4 heterocycles. The summed E-state index contributed by atoms with van der Waals surface area (Å²) in [5.41, 5.74) is 4.41. The monoisotopic (exact) mass is 309 g/mol. The topological polar surface area (TPSA) is 48.1 Å². The van der Waals surface area contributed by atoms with Gasteiger partial charge < -0.3 is 15.2 Å². The smallest absolute Gasteiger partial charge is 0.254 e. The predicted octanol–water partition coefficient (Wildman–Crippen LogP) is 2.61. The van der Waals surface area contributed by atoms with Gasteiger partial charge >= 0.3 is 0 Å². The summed E-state index contributed by atoms with van der Waals surface area (Å²) in [6, 6.07) is 7.05. The molecule has 4 atom stereocenters. The molecule has 3 fully saturated rings. The fourth-order valence-corrected chi connectivity index (χ4v) is 5.31. The first kappa shape index (κ1) is 13.6. The lowest BCUT2D eigenvalue weighted by molar-refractivity contribution is 0.0710. The fraction of sp³-hybridized carbons (Fsp3) is 0.526. The molecule has 3 aliphatic rings. The predicted molar refractivity (Wildman–Crippen MR) is 90.6 cm³/mol. The van der Waals surface area contributed by atoms with Crippen LogP contribution >= 0.6 is 0 Å². The molecule has 2 N–H and O–H groups in total. The van der Waals surface area contributed by atoms with Crippen molar-refractivity contribution in [2.45, 2.75) is 38.8 Å². The van der Waals surface area contributed by atoms with Crippen molar-refractivity contribution in [3.8, 4) is 0 Å². The summed E-state index contributed by atoms with van der Waals surface area (Å²) in [7, 11) is 0. The molecular weight excluding hydrogens is 286 g/mol. The van der Waals surface area contributed by atoms with Crippen LogP contribution in [-0.4, -0.2) is 41.0 Å². The van der Waals surface area contributed by atoms with E-state index in [1.165, 1.54) is 29.5 Å². The number of hydrogen-bond donors (Lipinski definition) is 2. The first-order chi connectivity index (χ1) is 11.1. The Morgan fingerprint density at radius 1 is 1.13 bits per heavy atom. The molecular formula is C19H23N3O. The Morgan fingerprint density at radius 3 is 2.52 bits per heavy atom.